The van der Waals surface area contributed by atoms with E-state index in [1.165, 1.54) is 11.9 Å². The number of hydrogen-bond donors (Lipinski definition) is 2. The summed E-state index contributed by atoms with van der Waals surface area (Å²) in [5.41, 5.74) is 4.88. The molecule has 1 aliphatic heterocycles. The maximum atomic E-state index is 13.7. The molecule has 1 amide bonds. The van der Waals surface area contributed by atoms with Gasteiger partial charge >= 0.3 is 0 Å². The van der Waals surface area contributed by atoms with Crippen LogP contribution >= 0.6 is 0 Å². The third-order valence-corrected chi connectivity index (χ3v) is 6.38. The van der Waals surface area contributed by atoms with E-state index in [-0.39, 0.29) is 5.91 Å². The minimum atomic E-state index is -0.496. The van der Waals surface area contributed by atoms with Gasteiger partial charge in [0.25, 0.3) is 5.91 Å². The van der Waals surface area contributed by atoms with Crippen molar-refractivity contribution >= 4 is 17.5 Å². The summed E-state index contributed by atoms with van der Waals surface area (Å²) in [6, 6.07) is 20.7. The predicted molar refractivity (Wildman–Crippen MR) is 145 cm³/mol. The van der Waals surface area contributed by atoms with E-state index in [1.807, 2.05) is 43.3 Å². The molecule has 38 heavy (non-hydrogen) atoms. The highest BCUT2D eigenvalue weighted by molar-refractivity contribution is 6.06. The Balaban J connectivity index is 1.42. The number of allylic oxidation sites excluding steroid dienone is 1. The number of ether oxygens (including phenoxy) is 3. The van der Waals surface area contributed by atoms with Crippen molar-refractivity contribution in [1.82, 2.24) is 14.8 Å². The highest BCUT2D eigenvalue weighted by Crippen LogP contribution is 2.37. The van der Waals surface area contributed by atoms with Gasteiger partial charge in [-0.25, -0.2) is 4.68 Å². The summed E-state index contributed by atoms with van der Waals surface area (Å²) in [5.74, 6) is 2.13. The molecule has 0 saturated heterocycles. The van der Waals surface area contributed by atoms with Gasteiger partial charge in [0.2, 0.25) is 5.95 Å². The lowest BCUT2D eigenvalue weighted by Crippen LogP contribution is -2.31. The SMILES string of the molecule is COc1ccc(NC(=O)C2=C(C)Nc3ncnn3[C@@H]2c2ccc(OCc3cccc(C)c3)cc2)c(OC)c1. The third-order valence-electron chi connectivity index (χ3n) is 6.38. The molecule has 5 rings (SSSR count). The number of methoxy groups -OCH3 is 2. The molecule has 0 bridgehead atoms. The number of anilines is 2. The molecule has 0 unspecified atom stereocenters. The molecule has 9 nitrogen and oxygen atoms in total. The van der Waals surface area contributed by atoms with E-state index in [2.05, 4.69) is 39.8 Å². The first-order valence-electron chi connectivity index (χ1n) is 12.2. The van der Waals surface area contributed by atoms with Crippen molar-refractivity contribution in [1.29, 1.82) is 0 Å². The van der Waals surface area contributed by atoms with Gasteiger partial charge in [-0.1, -0.05) is 42.0 Å². The zero-order chi connectivity index (χ0) is 26.6. The number of rotatable bonds is 8. The van der Waals surface area contributed by atoms with Gasteiger partial charge in [0.05, 0.1) is 25.5 Å². The van der Waals surface area contributed by atoms with Gasteiger partial charge in [-0.3, -0.25) is 4.79 Å². The molecule has 194 valence electrons. The van der Waals surface area contributed by atoms with Crippen molar-refractivity contribution < 1.29 is 19.0 Å². The molecule has 0 spiro atoms. The fraction of sp³-hybridized carbons (Fsp3) is 0.207. The van der Waals surface area contributed by atoms with Crippen LogP contribution in [0.15, 0.2) is 84.3 Å². The van der Waals surface area contributed by atoms with Gasteiger partial charge in [-0.2, -0.15) is 10.1 Å². The minimum Gasteiger partial charge on any atom is -0.497 e. The normalized spacial score (nSPS) is 14.4. The number of benzene rings is 3. The van der Waals surface area contributed by atoms with Crippen LogP contribution in [-0.2, 0) is 11.4 Å². The number of nitrogens with one attached hydrogen (secondary N) is 2. The van der Waals surface area contributed by atoms with Crippen LogP contribution in [0.4, 0.5) is 11.6 Å². The molecular formula is C29H29N5O4. The third kappa shape index (κ3) is 5.04. The van der Waals surface area contributed by atoms with Gasteiger partial charge in [-0.15, -0.1) is 0 Å². The first-order chi connectivity index (χ1) is 18.5. The molecule has 1 aromatic heterocycles. The Hall–Kier alpha value is -4.79. The fourth-order valence-electron chi connectivity index (χ4n) is 4.50. The standard InChI is InChI=1S/C29H29N5O4/c1-18-6-5-7-20(14-18)16-38-22-10-8-21(9-11-22)27-26(19(2)32-29-30-17-31-34(27)29)28(35)33-24-13-12-23(36-3)15-25(24)37-4/h5-15,17,27H,16H2,1-4H3,(H,33,35)(H,30,31,32)/t27-/m1/s1. The second-order valence-electron chi connectivity index (χ2n) is 8.96. The van der Waals surface area contributed by atoms with Crippen molar-refractivity contribution in [3.05, 3.63) is 101 Å². The number of fused-ring (bicyclic) bond motifs is 1. The lowest BCUT2D eigenvalue weighted by atomic mass is 9.95. The monoisotopic (exact) mass is 511 g/mol. The number of nitrogens with zero attached hydrogens (tertiary/aromatic N) is 3. The summed E-state index contributed by atoms with van der Waals surface area (Å²) in [6.07, 6.45) is 1.47. The summed E-state index contributed by atoms with van der Waals surface area (Å²) in [5, 5.41) is 10.6. The van der Waals surface area contributed by atoms with Crippen molar-refractivity contribution in [3.63, 3.8) is 0 Å². The quantitative estimate of drug-likeness (QED) is 0.339. The second kappa shape index (κ2) is 10.7. The molecule has 0 fully saturated rings. The number of aryl methyl sites for hydroxylation is 1. The fourth-order valence-corrected chi connectivity index (χ4v) is 4.50. The first kappa shape index (κ1) is 24.9. The molecule has 1 atom stereocenters. The van der Waals surface area contributed by atoms with Crippen LogP contribution in [0.25, 0.3) is 0 Å². The van der Waals surface area contributed by atoms with Gasteiger partial charge in [0.15, 0.2) is 0 Å². The molecule has 3 aromatic carbocycles. The van der Waals surface area contributed by atoms with Gasteiger partial charge < -0.3 is 24.8 Å². The van der Waals surface area contributed by atoms with Crippen molar-refractivity contribution in [2.75, 3.05) is 24.9 Å². The highest BCUT2D eigenvalue weighted by atomic mass is 16.5. The van der Waals surface area contributed by atoms with E-state index in [1.54, 1.807) is 37.1 Å². The van der Waals surface area contributed by atoms with E-state index in [0.29, 0.717) is 41.0 Å². The van der Waals surface area contributed by atoms with E-state index in [4.69, 9.17) is 14.2 Å². The zero-order valence-corrected chi connectivity index (χ0v) is 21.7. The maximum absolute atomic E-state index is 13.7. The summed E-state index contributed by atoms with van der Waals surface area (Å²) >= 11 is 0. The van der Waals surface area contributed by atoms with E-state index in [9.17, 15) is 4.79 Å². The minimum absolute atomic E-state index is 0.288. The Bertz CT molecular complexity index is 1490. The summed E-state index contributed by atoms with van der Waals surface area (Å²) < 4.78 is 18.4. The molecule has 1 aliphatic rings. The Morgan fingerprint density at radius 2 is 1.79 bits per heavy atom. The van der Waals surface area contributed by atoms with Crippen LogP contribution in [0.1, 0.15) is 29.7 Å². The van der Waals surface area contributed by atoms with E-state index >= 15 is 0 Å². The second-order valence-corrected chi connectivity index (χ2v) is 8.96. The Labute approximate surface area is 221 Å². The smallest absolute Gasteiger partial charge is 0.255 e. The van der Waals surface area contributed by atoms with Gasteiger partial charge in [-0.05, 0) is 49.2 Å². The van der Waals surface area contributed by atoms with E-state index in [0.717, 1.165) is 16.9 Å². The zero-order valence-electron chi connectivity index (χ0n) is 21.7. The number of amides is 1. The molecule has 9 heteroatoms. The largest absolute Gasteiger partial charge is 0.497 e. The van der Waals surface area contributed by atoms with Crippen LogP contribution < -0.4 is 24.8 Å². The molecule has 0 aliphatic carbocycles. The molecule has 2 N–H and O–H groups in total. The van der Waals surface area contributed by atoms with Crippen molar-refractivity contribution in [2.45, 2.75) is 26.5 Å². The molecular weight excluding hydrogens is 482 g/mol. The van der Waals surface area contributed by atoms with Crippen LogP contribution in [0.2, 0.25) is 0 Å². The predicted octanol–water partition coefficient (Wildman–Crippen LogP) is 5.11. The Kier molecular flexibility index (Phi) is 6.99. The Morgan fingerprint density at radius 3 is 2.53 bits per heavy atom. The molecule has 4 aromatic rings. The number of hydrogen-bond acceptors (Lipinski definition) is 7. The summed E-state index contributed by atoms with van der Waals surface area (Å²) in [7, 11) is 3.12. The van der Waals surface area contributed by atoms with Crippen LogP contribution in [-0.4, -0.2) is 34.9 Å². The van der Waals surface area contributed by atoms with Gasteiger partial charge in [0.1, 0.15) is 36.2 Å². The molecule has 0 saturated carbocycles. The average Bonchev–Trinajstić information content (AvgIpc) is 3.39. The summed E-state index contributed by atoms with van der Waals surface area (Å²) in [4.78, 5) is 18.0. The van der Waals surface area contributed by atoms with Crippen molar-refractivity contribution in [2.24, 2.45) is 0 Å². The van der Waals surface area contributed by atoms with Gasteiger partial charge in [0, 0.05) is 11.8 Å². The van der Waals surface area contributed by atoms with Crippen LogP contribution in [0.3, 0.4) is 0 Å². The van der Waals surface area contributed by atoms with Crippen molar-refractivity contribution in [3.8, 4) is 17.2 Å². The number of carbonyl (C=O) groups is 1. The average molecular weight is 512 g/mol. The topological polar surface area (TPSA) is 99.5 Å². The molecule has 2 heterocycles. The molecule has 0 radical (unpaired) electrons. The maximum Gasteiger partial charge on any atom is 0.255 e. The van der Waals surface area contributed by atoms with Crippen LogP contribution in [0, 0.1) is 6.92 Å². The summed E-state index contributed by atoms with van der Waals surface area (Å²) in [6.45, 7) is 4.38. The lowest BCUT2D eigenvalue weighted by Gasteiger charge is -2.29. The number of carbonyl (C=O) groups excluding carboxylic acids is 1. The highest BCUT2D eigenvalue weighted by Gasteiger charge is 2.33. The Morgan fingerprint density at radius 1 is 1.00 bits per heavy atom. The number of aromatic nitrogens is 3. The van der Waals surface area contributed by atoms with Crippen LogP contribution in [0.5, 0.6) is 17.2 Å². The van der Waals surface area contributed by atoms with E-state index < -0.39 is 6.04 Å². The first-order valence-corrected chi connectivity index (χ1v) is 12.2. The lowest BCUT2D eigenvalue weighted by molar-refractivity contribution is -0.113.